The smallest absolute Gasteiger partial charge is 0.0928 e. The lowest BCUT2D eigenvalue weighted by Crippen LogP contribution is -2.18. The van der Waals surface area contributed by atoms with Gasteiger partial charge in [-0.3, -0.25) is 0 Å². The van der Waals surface area contributed by atoms with Crippen molar-refractivity contribution in [3.05, 3.63) is 33.5 Å². The molecule has 0 radical (unpaired) electrons. The summed E-state index contributed by atoms with van der Waals surface area (Å²) in [6.07, 6.45) is 0.978. The van der Waals surface area contributed by atoms with Crippen LogP contribution in [0.1, 0.15) is 17.3 Å². The van der Waals surface area contributed by atoms with Gasteiger partial charge in [0.05, 0.1) is 11.7 Å². The summed E-state index contributed by atoms with van der Waals surface area (Å²) in [6.45, 7) is 0. The van der Waals surface area contributed by atoms with Crippen molar-refractivity contribution in [2.24, 2.45) is 0 Å². The number of aromatic nitrogens is 2. The van der Waals surface area contributed by atoms with Crippen LogP contribution in [0.4, 0.5) is 0 Å². The highest BCUT2D eigenvalue weighted by atomic mass is 32.1. The molecule has 0 aliphatic carbocycles. The van der Waals surface area contributed by atoms with E-state index in [9.17, 15) is 0 Å². The fourth-order valence-electron chi connectivity index (χ4n) is 1.32. The Morgan fingerprint density at radius 2 is 2.43 bits per heavy atom. The van der Waals surface area contributed by atoms with Gasteiger partial charge in [-0.15, -0.1) is 5.10 Å². The molecule has 1 unspecified atom stereocenters. The second-order valence-electron chi connectivity index (χ2n) is 3.01. The Bertz CT molecular complexity index is 355. The van der Waals surface area contributed by atoms with Crippen molar-refractivity contribution in [3.63, 3.8) is 0 Å². The van der Waals surface area contributed by atoms with Gasteiger partial charge >= 0.3 is 0 Å². The van der Waals surface area contributed by atoms with Crippen molar-refractivity contribution in [2.75, 3.05) is 7.05 Å². The number of hydrogen-bond donors (Lipinski definition) is 1. The van der Waals surface area contributed by atoms with Gasteiger partial charge in [0.1, 0.15) is 0 Å². The Balaban J connectivity index is 2.08. The number of thiophene rings is 1. The topological polar surface area (TPSA) is 37.8 Å². The number of likely N-dealkylation sites (N-methyl/N-ethyl adjacent to an activating group) is 1. The summed E-state index contributed by atoms with van der Waals surface area (Å²) in [6, 6.07) is 2.43. The average Bonchev–Trinajstić information content (AvgIpc) is 2.86. The molecule has 0 aliphatic heterocycles. The molecule has 0 amide bonds. The van der Waals surface area contributed by atoms with Gasteiger partial charge in [-0.1, -0.05) is 4.49 Å². The van der Waals surface area contributed by atoms with Crippen LogP contribution in [0.3, 0.4) is 0 Å². The molecule has 2 rings (SSSR count). The molecule has 1 N–H and O–H groups in total. The van der Waals surface area contributed by atoms with Gasteiger partial charge in [0.2, 0.25) is 0 Å². The van der Waals surface area contributed by atoms with Crippen molar-refractivity contribution in [1.82, 2.24) is 14.9 Å². The lowest BCUT2D eigenvalue weighted by molar-refractivity contribution is 0.575. The van der Waals surface area contributed by atoms with Crippen LogP contribution in [-0.2, 0) is 6.42 Å². The third-order valence-corrected chi connectivity index (χ3v) is 3.36. The fraction of sp³-hybridized carbons (Fsp3) is 0.333. The maximum Gasteiger partial charge on any atom is 0.0928 e. The maximum atomic E-state index is 4.08. The summed E-state index contributed by atoms with van der Waals surface area (Å²) in [5.41, 5.74) is 2.38. The fourth-order valence-corrected chi connectivity index (χ4v) is 2.51. The third kappa shape index (κ3) is 2.17. The minimum absolute atomic E-state index is 0.281. The van der Waals surface area contributed by atoms with E-state index in [1.165, 1.54) is 17.1 Å². The molecule has 0 saturated heterocycles. The second kappa shape index (κ2) is 4.63. The van der Waals surface area contributed by atoms with Gasteiger partial charge in [0.15, 0.2) is 0 Å². The quantitative estimate of drug-likeness (QED) is 0.866. The van der Waals surface area contributed by atoms with E-state index >= 15 is 0 Å². The normalized spacial score (nSPS) is 12.9. The first kappa shape index (κ1) is 9.76. The first-order valence-electron chi connectivity index (χ1n) is 4.35. The van der Waals surface area contributed by atoms with Gasteiger partial charge in [0, 0.05) is 5.38 Å². The predicted molar refractivity (Wildman–Crippen MR) is 59.7 cm³/mol. The molecule has 5 heteroatoms. The molecule has 0 fully saturated rings. The van der Waals surface area contributed by atoms with E-state index in [2.05, 4.69) is 31.7 Å². The van der Waals surface area contributed by atoms with Crippen molar-refractivity contribution < 1.29 is 0 Å². The standard InChI is InChI=1S/C9H11N3S2/c1-10-8(9-6-14-12-11-9)4-7-2-3-13-5-7/h2-3,5-6,8,10H,4H2,1H3. The average molecular weight is 225 g/mol. The summed E-state index contributed by atoms with van der Waals surface area (Å²) in [4.78, 5) is 0. The minimum Gasteiger partial charge on any atom is -0.311 e. The van der Waals surface area contributed by atoms with E-state index in [1.807, 2.05) is 12.4 Å². The molecule has 0 aromatic carbocycles. The molecule has 0 aliphatic rings. The summed E-state index contributed by atoms with van der Waals surface area (Å²) in [5.74, 6) is 0. The van der Waals surface area contributed by atoms with E-state index in [0.717, 1.165) is 12.1 Å². The van der Waals surface area contributed by atoms with Gasteiger partial charge in [0.25, 0.3) is 0 Å². The van der Waals surface area contributed by atoms with Crippen LogP contribution in [0.25, 0.3) is 0 Å². The van der Waals surface area contributed by atoms with Crippen LogP contribution in [-0.4, -0.2) is 16.6 Å². The number of rotatable bonds is 4. The Kier molecular flexibility index (Phi) is 3.23. The lowest BCUT2D eigenvalue weighted by atomic mass is 10.1. The van der Waals surface area contributed by atoms with Gasteiger partial charge in [-0.25, -0.2) is 0 Å². The minimum atomic E-state index is 0.281. The van der Waals surface area contributed by atoms with E-state index in [1.54, 1.807) is 11.3 Å². The van der Waals surface area contributed by atoms with Crippen molar-refractivity contribution in [2.45, 2.75) is 12.5 Å². The predicted octanol–water partition coefficient (Wildman–Crippen LogP) is 2.10. The molecule has 0 bridgehead atoms. The molecule has 14 heavy (non-hydrogen) atoms. The van der Waals surface area contributed by atoms with E-state index < -0.39 is 0 Å². The zero-order chi connectivity index (χ0) is 9.80. The zero-order valence-corrected chi connectivity index (χ0v) is 9.44. The van der Waals surface area contributed by atoms with Gasteiger partial charge < -0.3 is 5.32 Å². The highest BCUT2D eigenvalue weighted by molar-refractivity contribution is 7.08. The number of nitrogens with one attached hydrogen (secondary N) is 1. The van der Waals surface area contributed by atoms with Crippen LogP contribution >= 0.6 is 22.9 Å². The summed E-state index contributed by atoms with van der Waals surface area (Å²) < 4.78 is 3.87. The second-order valence-corrected chi connectivity index (χ2v) is 4.40. The SMILES string of the molecule is CNC(Cc1ccsc1)c1csnn1. The van der Waals surface area contributed by atoms with Crippen LogP contribution in [0.15, 0.2) is 22.2 Å². The Morgan fingerprint density at radius 1 is 1.50 bits per heavy atom. The van der Waals surface area contributed by atoms with E-state index in [-0.39, 0.29) is 6.04 Å². The number of hydrogen-bond acceptors (Lipinski definition) is 5. The molecule has 0 spiro atoms. The molecule has 3 nitrogen and oxygen atoms in total. The van der Waals surface area contributed by atoms with E-state index in [0.29, 0.717) is 0 Å². The molecular formula is C9H11N3S2. The van der Waals surface area contributed by atoms with Gasteiger partial charge in [-0.05, 0) is 47.4 Å². The maximum absolute atomic E-state index is 4.08. The highest BCUT2D eigenvalue weighted by Crippen LogP contribution is 2.18. The molecule has 2 heterocycles. The Labute approximate surface area is 91.0 Å². The van der Waals surface area contributed by atoms with Crippen molar-refractivity contribution >= 4 is 22.9 Å². The Hall–Kier alpha value is -0.780. The van der Waals surface area contributed by atoms with Crippen molar-refractivity contribution in [3.8, 4) is 0 Å². The largest absolute Gasteiger partial charge is 0.311 e. The third-order valence-electron chi connectivity index (χ3n) is 2.10. The van der Waals surface area contributed by atoms with Crippen LogP contribution in [0, 0.1) is 0 Å². The van der Waals surface area contributed by atoms with Crippen molar-refractivity contribution in [1.29, 1.82) is 0 Å². The van der Waals surface area contributed by atoms with Crippen LogP contribution in [0.5, 0.6) is 0 Å². The molecule has 0 saturated carbocycles. The first-order valence-corrected chi connectivity index (χ1v) is 6.13. The summed E-state index contributed by atoms with van der Waals surface area (Å²) in [5, 5.41) is 13.6. The molecule has 2 aromatic heterocycles. The molecular weight excluding hydrogens is 214 g/mol. The first-order chi connectivity index (χ1) is 6.90. The zero-order valence-electron chi connectivity index (χ0n) is 7.80. The number of nitrogens with zero attached hydrogens (tertiary/aromatic N) is 2. The molecule has 1 atom stereocenters. The summed E-state index contributed by atoms with van der Waals surface area (Å²) in [7, 11) is 1.95. The monoisotopic (exact) mass is 225 g/mol. The Morgan fingerprint density at radius 3 is 3.00 bits per heavy atom. The molecule has 74 valence electrons. The van der Waals surface area contributed by atoms with Crippen LogP contribution in [0.2, 0.25) is 0 Å². The summed E-state index contributed by atoms with van der Waals surface area (Å²) >= 11 is 3.13. The van der Waals surface area contributed by atoms with Gasteiger partial charge in [-0.2, -0.15) is 11.3 Å². The van der Waals surface area contributed by atoms with E-state index in [4.69, 9.17) is 0 Å². The molecule has 2 aromatic rings. The highest BCUT2D eigenvalue weighted by Gasteiger charge is 2.12. The lowest BCUT2D eigenvalue weighted by Gasteiger charge is -2.11. The van der Waals surface area contributed by atoms with Crippen LogP contribution < -0.4 is 5.32 Å².